The van der Waals surface area contributed by atoms with E-state index in [2.05, 4.69) is 6.58 Å². The molecular weight excluding hydrogens is 732 g/mol. The van der Waals surface area contributed by atoms with Gasteiger partial charge in [0.2, 0.25) is 5.91 Å². The molecule has 2 amide bonds. The minimum Gasteiger partial charge on any atom is -0.493 e. The number of anilines is 1. The lowest BCUT2D eigenvalue weighted by molar-refractivity contribution is -0.148. The highest BCUT2D eigenvalue weighted by Crippen LogP contribution is 2.48. The molecule has 0 saturated carbocycles. The van der Waals surface area contributed by atoms with Gasteiger partial charge in [0.1, 0.15) is 17.7 Å². The van der Waals surface area contributed by atoms with Gasteiger partial charge in [-0.1, -0.05) is 103 Å². The summed E-state index contributed by atoms with van der Waals surface area (Å²) in [6.07, 6.45) is 1.25. The van der Waals surface area contributed by atoms with Crippen LogP contribution in [0.5, 0.6) is 5.75 Å². The third kappa shape index (κ3) is 8.85. The van der Waals surface area contributed by atoms with Gasteiger partial charge in [-0.3, -0.25) is 19.3 Å². The number of fused-ring (bicyclic) bond motifs is 2. The van der Waals surface area contributed by atoms with E-state index in [4.69, 9.17) is 9.47 Å². The number of hydrogen-bond donors (Lipinski definition) is 1. The van der Waals surface area contributed by atoms with Crippen molar-refractivity contribution in [3.05, 3.63) is 180 Å². The molecule has 1 N–H and O–H groups in total. The predicted octanol–water partition coefficient (Wildman–Crippen LogP) is 9.26. The first kappa shape index (κ1) is 39.6. The maximum Gasteiger partial charge on any atom is 0.302 e. The highest BCUT2D eigenvalue weighted by molar-refractivity contribution is 6.10. The predicted molar refractivity (Wildman–Crippen MR) is 224 cm³/mol. The van der Waals surface area contributed by atoms with Gasteiger partial charge < -0.3 is 19.5 Å². The molecule has 1 aliphatic rings. The van der Waals surface area contributed by atoms with Gasteiger partial charge in [-0.25, -0.2) is 4.39 Å². The highest BCUT2D eigenvalue weighted by atomic mass is 19.1. The Morgan fingerprint density at radius 1 is 0.828 bits per heavy atom. The zero-order valence-electron chi connectivity index (χ0n) is 32.3. The molecule has 0 saturated heterocycles. The smallest absolute Gasteiger partial charge is 0.302 e. The van der Waals surface area contributed by atoms with Crippen LogP contribution in [0, 0.1) is 5.82 Å². The van der Waals surface area contributed by atoms with E-state index in [0.717, 1.165) is 27.5 Å². The second-order valence-corrected chi connectivity index (χ2v) is 14.4. The van der Waals surface area contributed by atoms with Crippen molar-refractivity contribution >= 4 is 34.2 Å². The maximum absolute atomic E-state index is 15.1. The number of rotatable bonds is 15. The van der Waals surface area contributed by atoms with Crippen LogP contribution in [0.1, 0.15) is 52.9 Å². The third-order valence-electron chi connectivity index (χ3n) is 10.4. The molecule has 1 heterocycles. The van der Waals surface area contributed by atoms with Gasteiger partial charge in [0.05, 0.1) is 30.8 Å². The molecule has 8 nitrogen and oxygen atoms in total. The second-order valence-electron chi connectivity index (χ2n) is 14.4. The number of nitrogens with zero attached hydrogens (tertiary/aromatic N) is 2. The lowest BCUT2D eigenvalue weighted by Crippen LogP contribution is -2.53. The minimum atomic E-state index is -0.919. The number of amides is 2. The van der Waals surface area contributed by atoms with Gasteiger partial charge in [-0.15, -0.1) is 6.58 Å². The van der Waals surface area contributed by atoms with Gasteiger partial charge in [-0.2, -0.15) is 0 Å². The third-order valence-corrected chi connectivity index (χ3v) is 10.4. The van der Waals surface area contributed by atoms with E-state index in [1.807, 2.05) is 97.1 Å². The fourth-order valence-electron chi connectivity index (χ4n) is 7.73. The summed E-state index contributed by atoms with van der Waals surface area (Å²) in [6, 6.07) is 40.7. The van der Waals surface area contributed by atoms with Crippen LogP contribution in [0.15, 0.2) is 152 Å². The Hall–Kier alpha value is -6.58. The van der Waals surface area contributed by atoms with Crippen LogP contribution in [0.4, 0.5) is 10.1 Å². The van der Waals surface area contributed by atoms with Gasteiger partial charge in [-0.05, 0) is 75.5 Å². The average Bonchev–Trinajstić information content (AvgIpc) is 3.57. The number of ether oxygens (including phenoxy) is 2. The van der Waals surface area contributed by atoms with Gasteiger partial charge >= 0.3 is 5.97 Å². The molecule has 1 aliphatic heterocycles. The standard InChI is InChI=1S/C49H45FN2O6/c1-3-10-45(58-33(2)54)48-47(51(46(55)29-34-17-23-41(50)24-18-34)32-35-15-19-38(20-16-35)36-11-5-4-6-12-36)43-31-42(57-28-9-27-53)25-26-44(43)52(48)49(56)40-22-21-37-13-7-8-14-39(37)30-40/h3-8,11-26,30-31,45,47-48,53H,1,9-10,27-29,32H2,2H3/t45?,47-,48+/m0/s1. The van der Waals surface area contributed by atoms with Crippen LogP contribution in [0.3, 0.4) is 0 Å². The van der Waals surface area contributed by atoms with Crippen molar-refractivity contribution in [1.82, 2.24) is 4.90 Å². The van der Waals surface area contributed by atoms with Crippen molar-refractivity contribution < 1.29 is 33.4 Å². The van der Waals surface area contributed by atoms with Crippen molar-refractivity contribution in [2.75, 3.05) is 18.1 Å². The van der Waals surface area contributed by atoms with Gasteiger partial charge in [0.15, 0.2) is 0 Å². The second kappa shape index (κ2) is 18.1. The quantitative estimate of drug-likeness (QED) is 0.0635. The first-order chi connectivity index (χ1) is 28.2. The van der Waals surface area contributed by atoms with Gasteiger partial charge in [0.25, 0.3) is 5.91 Å². The number of carbonyl (C=O) groups is 3. The molecular formula is C49H45FN2O6. The number of hydrogen-bond acceptors (Lipinski definition) is 6. The Balaban J connectivity index is 1.40. The van der Waals surface area contributed by atoms with E-state index >= 15 is 4.79 Å². The Morgan fingerprint density at radius 3 is 2.22 bits per heavy atom. The Morgan fingerprint density at radius 2 is 1.52 bits per heavy atom. The summed E-state index contributed by atoms with van der Waals surface area (Å²) in [5, 5.41) is 11.3. The lowest BCUT2D eigenvalue weighted by atomic mass is 9.93. The first-order valence-corrected chi connectivity index (χ1v) is 19.4. The molecule has 3 atom stereocenters. The van der Waals surface area contributed by atoms with Crippen LogP contribution >= 0.6 is 0 Å². The van der Waals surface area contributed by atoms with E-state index in [0.29, 0.717) is 34.5 Å². The summed E-state index contributed by atoms with van der Waals surface area (Å²) in [7, 11) is 0. The van der Waals surface area contributed by atoms with Crippen LogP contribution in [-0.2, 0) is 27.3 Å². The minimum absolute atomic E-state index is 0.0516. The Bertz CT molecular complexity index is 2400. The zero-order valence-corrected chi connectivity index (χ0v) is 32.3. The molecule has 0 radical (unpaired) electrons. The van der Waals surface area contributed by atoms with Crippen LogP contribution < -0.4 is 9.64 Å². The van der Waals surface area contributed by atoms with Crippen LogP contribution in [0.25, 0.3) is 21.9 Å². The van der Waals surface area contributed by atoms with E-state index in [1.165, 1.54) is 19.1 Å². The molecule has 9 heteroatoms. The normalized spacial score (nSPS) is 15.1. The number of carbonyl (C=O) groups excluding carboxylic acids is 3. The summed E-state index contributed by atoms with van der Waals surface area (Å²) in [5.41, 5.74) is 5.06. The molecule has 0 spiro atoms. The summed E-state index contributed by atoms with van der Waals surface area (Å²) >= 11 is 0. The molecule has 294 valence electrons. The molecule has 0 bridgehead atoms. The summed E-state index contributed by atoms with van der Waals surface area (Å²) in [6.45, 7) is 5.61. The van der Waals surface area contributed by atoms with E-state index < -0.39 is 30.0 Å². The largest absolute Gasteiger partial charge is 0.493 e. The molecule has 58 heavy (non-hydrogen) atoms. The topological polar surface area (TPSA) is 96.4 Å². The SMILES string of the molecule is C=CCC(OC(C)=O)[C@@H]1[C@@H](N(Cc2ccc(-c3ccccc3)cc2)C(=O)Cc2ccc(F)cc2)c2cc(OCCCO)ccc2N1C(=O)c1ccc2ccccc2c1. The number of aliphatic hydroxyl groups is 1. The van der Waals surface area contributed by atoms with E-state index in [9.17, 15) is 19.1 Å². The maximum atomic E-state index is 15.1. The monoisotopic (exact) mass is 776 g/mol. The van der Waals surface area contributed by atoms with Crippen molar-refractivity contribution in [2.24, 2.45) is 0 Å². The number of benzene rings is 6. The summed E-state index contributed by atoms with van der Waals surface area (Å²) < 4.78 is 26.2. The number of esters is 1. The van der Waals surface area contributed by atoms with Crippen molar-refractivity contribution in [2.45, 2.75) is 50.9 Å². The Labute approximate surface area is 337 Å². The zero-order chi connectivity index (χ0) is 40.6. The fourth-order valence-corrected chi connectivity index (χ4v) is 7.73. The number of aliphatic hydroxyl groups excluding tert-OH is 1. The average molecular weight is 777 g/mol. The first-order valence-electron chi connectivity index (χ1n) is 19.4. The van der Waals surface area contributed by atoms with Crippen LogP contribution in [0.2, 0.25) is 0 Å². The molecule has 1 unspecified atom stereocenters. The van der Waals surface area contributed by atoms with Crippen molar-refractivity contribution in [1.29, 1.82) is 0 Å². The molecule has 7 rings (SSSR count). The highest BCUT2D eigenvalue weighted by Gasteiger charge is 2.50. The molecule has 6 aromatic rings. The molecule has 0 fully saturated rings. The van der Waals surface area contributed by atoms with Gasteiger partial charge in [0, 0.05) is 44.0 Å². The summed E-state index contributed by atoms with van der Waals surface area (Å²) in [4.78, 5) is 46.3. The van der Waals surface area contributed by atoms with Crippen molar-refractivity contribution in [3.8, 4) is 16.9 Å². The molecule has 0 aromatic heterocycles. The fraction of sp³-hybridized carbons (Fsp3) is 0.204. The van der Waals surface area contributed by atoms with E-state index in [-0.39, 0.29) is 44.4 Å². The lowest BCUT2D eigenvalue weighted by Gasteiger charge is -2.39. The molecule has 6 aromatic carbocycles. The van der Waals surface area contributed by atoms with Crippen molar-refractivity contribution in [3.63, 3.8) is 0 Å². The molecule has 0 aliphatic carbocycles. The summed E-state index contributed by atoms with van der Waals surface area (Å²) in [5.74, 6) is -1.10. The van der Waals surface area contributed by atoms with Crippen LogP contribution in [-0.4, -0.2) is 53.1 Å². The Kier molecular flexibility index (Phi) is 12.4. The van der Waals surface area contributed by atoms with E-state index in [1.54, 1.807) is 46.2 Å². The number of halogens is 1.